The van der Waals surface area contributed by atoms with Gasteiger partial charge in [-0.2, -0.15) is 0 Å². The average molecular weight is 736 g/mol. The van der Waals surface area contributed by atoms with Crippen molar-refractivity contribution >= 4 is 40.9 Å². The van der Waals surface area contributed by atoms with Gasteiger partial charge >= 0.3 is 0 Å². The number of aliphatic hydroxyl groups excluding tert-OH is 1. The zero-order valence-corrected chi connectivity index (χ0v) is 29.2. The Bertz CT molecular complexity index is 1840. The van der Waals surface area contributed by atoms with Crippen LogP contribution in [0, 0.1) is 11.8 Å². The number of alkyl halides is 2. The van der Waals surface area contributed by atoms with Crippen LogP contribution in [0.25, 0.3) is 0 Å². The van der Waals surface area contributed by atoms with Gasteiger partial charge in [0.2, 0.25) is 11.8 Å². The second-order valence-electron chi connectivity index (χ2n) is 13.8. The maximum absolute atomic E-state index is 14.7. The maximum Gasteiger partial charge on any atom is 0.287 e. The minimum Gasteiger partial charge on any atom is -0.488 e. The van der Waals surface area contributed by atoms with Crippen LogP contribution in [0.1, 0.15) is 79.7 Å². The fraction of sp³-hybridized carbons (Fsp3) is 0.459. The molecule has 1 saturated carbocycles. The first kappa shape index (κ1) is 35.6. The van der Waals surface area contributed by atoms with E-state index in [1.165, 1.54) is 17.5 Å². The van der Waals surface area contributed by atoms with Gasteiger partial charge in [-0.05, 0) is 43.0 Å². The Morgan fingerprint density at radius 1 is 0.981 bits per heavy atom. The summed E-state index contributed by atoms with van der Waals surface area (Å²) in [6.07, 6.45) is 4.16. The summed E-state index contributed by atoms with van der Waals surface area (Å²) in [4.78, 5) is 77.3. The third-order valence-corrected chi connectivity index (χ3v) is 11.3. The topological polar surface area (TPSA) is 149 Å². The number of hydrogen-bond donors (Lipinski definition) is 2. The van der Waals surface area contributed by atoms with Crippen molar-refractivity contribution in [1.29, 1.82) is 0 Å². The summed E-state index contributed by atoms with van der Waals surface area (Å²) in [5.41, 5.74) is 3.66. The van der Waals surface area contributed by atoms with E-state index in [4.69, 9.17) is 9.84 Å². The summed E-state index contributed by atoms with van der Waals surface area (Å²) >= 11 is 1.27. The fourth-order valence-corrected chi connectivity index (χ4v) is 8.48. The molecule has 7 rings (SSSR count). The molecule has 12 nitrogen and oxygen atoms in total. The predicted octanol–water partition coefficient (Wildman–Crippen LogP) is 3.71. The van der Waals surface area contributed by atoms with E-state index in [1.54, 1.807) is 45.6 Å². The predicted molar refractivity (Wildman–Crippen MR) is 184 cm³/mol. The minimum atomic E-state index is -3.50. The highest BCUT2D eigenvalue weighted by molar-refractivity contribution is 7.11. The lowest BCUT2D eigenvalue weighted by Gasteiger charge is -2.43. The molecular weight excluding hydrogens is 696 g/mol. The maximum atomic E-state index is 14.7. The van der Waals surface area contributed by atoms with Crippen LogP contribution in [0.2, 0.25) is 0 Å². The molecule has 3 aromatic rings. The lowest BCUT2D eigenvalue weighted by Crippen LogP contribution is -2.52. The van der Waals surface area contributed by atoms with Crippen molar-refractivity contribution in [3.8, 4) is 5.75 Å². The van der Waals surface area contributed by atoms with Crippen molar-refractivity contribution in [1.82, 2.24) is 25.0 Å². The standard InChI is InChI=1S/C37H39F2N5O7S/c38-37(39,20-45)19-41-32(46)24-7-1-2-8-25(24)33(47)43-15-12-22-6-5-11-29(51-23-13-14-42(17-23)36(50)30-16-40-21-52-30)31(22)28(43)18-44-34(48)26-9-3-4-10-27(26)35(44)49/h3-6,9-11,16,21,23-25,28,45H,1-2,7-8,12-15,17-20H2,(H,41,46)/t23?,24?,25?,28-/m1/s1. The molecule has 2 N–H and O–H groups in total. The lowest BCUT2D eigenvalue weighted by molar-refractivity contribution is -0.147. The summed E-state index contributed by atoms with van der Waals surface area (Å²) in [6, 6.07) is 11.3. The number of nitrogens with zero attached hydrogens (tertiary/aromatic N) is 4. The number of benzene rings is 2. The van der Waals surface area contributed by atoms with E-state index in [9.17, 15) is 32.8 Å². The van der Waals surface area contributed by atoms with E-state index in [-0.39, 0.29) is 42.1 Å². The zero-order chi connectivity index (χ0) is 36.6. The van der Waals surface area contributed by atoms with E-state index >= 15 is 0 Å². The average Bonchev–Trinajstić information content (AvgIpc) is 3.92. The molecule has 0 radical (unpaired) electrons. The molecule has 1 saturated heterocycles. The largest absolute Gasteiger partial charge is 0.488 e. The minimum absolute atomic E-state index is 0.130. The number of fused-ring (bicyclic) bond motifs is 2. The van der Waals surface area contributed by atoms with Crippen LogP contribution in [0.4, 0.5) is 8.78 Å². The number of halogens is 2. The summed E-state index contributed by atoms with van der Waals surface area (Å²) in [7, 11) is 0. The van der Waals surface area contributed by atoms with Crippen LogP contribution < -0.4 is 10.1 Å². The molecular formula is C37H39F2N5O7S. The molecule has 3 unspecified atom stereocenters. The van der Waals surface area contributed by atoms with Gasteiger partial charge in [0.25, 0.3) is 23.6 Å². The first-order chi connectivity index (χ1) is 25.1. The number of hydrogen-bond acceptors (Lipinski definition) is 9. The third-order valence-electron chi connectivity index (χ3n) is 10.5. The lowest BCUT2D eigenvalue weighted by atomic mass is 9.77. The van der Waals surface area contributed by atoms with E-state index in [0.29, 0.717) is 67.8 Å². The van der Waals surface area contributed by atoms with Gasteiger partial charge in [0.1, 0.15) is 23.3 Å². The summed E-state index contributed by atoms with van der Waals surface area (Å²) in [5, 5.41) is 11.2. The molecule has 5 amide bonds. The number of carbonyl (C=O) groups is 5. The number of nitrogens with one attached hydrogen (secondary N) is 1. The summed E-state index contributed by atoms with van der Waals surface area (Å²) < 4.78 is 34.3. The molecule has 274 valence electrons. The highest BCUT2D eigenvalue weighted by Gasteiger charge is 2.46. The van der Waals surface area contributed by atoms with Gasteiger partial charge < -0.3 is 25.0 Å². The van der Waals surface area contributed by atoms with Crippen LogP contribution in [-0.2, 0) is 16.0 Å². The van der Waals surface area contributed by atoms with Gasteiger partial charge in [-0.1, -0.05) is 37.1 Å². The van der Waals surface area contributed by atoms with E-state index in [1.807, 2.05) is 12.1 Å². The van der Waals surface area contributed by atoms with Crippen molar-refractivity contribution in [2.75, 3.05) is 39.3 Å². The normalized spacial score (nSPS) is 23.0. The highest BCUT2D eigenvalue weighted by atomic mass is 32.1. The molecule has 0 spiro atoms. The van der Waals surface area contributed by atoms with Gasteiger partial charge in [-0.25, -0.2) is 8.78 Å². The van der Waals surface area contributed by atoms with Crippen molar-refractivity contribution < 1.29 is 42.6 Å². The molecule has 4 atom stereocenters. The van der Waals surface area contributed by atoms with Crippen molar-refractivity contribution in [2.24, 2.45) is 11.8 Å². The third kappa shape index (κ3) is 6.90. The number of aliphatic hydroxyl groups is 1. The number of imide groups is 1. The SMILES string of the molecule is O=C(NCC(F)(F)CO)C1CCCCC1C(=O)N1CCc2cccc(OC3CCN(C(=O)c4cncs4)C3)c2[C@H]1CN1C(=O)c2ccccc2C1=O. The van der Waals surface area contributed by atoms with Crippen molar-refractivity contribution in [2.45, 2.75) is 56.6 Å². The van der Waals surface area contributed by atoms with Crippen LogP contribution in [0.5, 0.6) is 5.75 Å². The van der Waals surface area contributed by atoms with Crippen LogP contribution in [-0.4, -0.2) is 106 Å². The number of likely N-dealkylation sites (tertiary alicyclic amines) is 1. The number of aromatic nitrogens is 1. The Labute approximate surface area is 302 Å². The van der Waals surface area contributed by atoms with E-state index in [0.717, 1.165) is 10.5 Å². The van der Waals surface area contributed by atoms with Gasteiger partial charge in [0, 0.05) is 36.9 Å². The molecule has 4 heterocycles. The molecule has 0 bridgehead atoms. The Morgan fingerprint density at radius 3 is 2.40 bits per heavy atom. The molecule has 15 heteroatoms. The number of rotatable bonds is 10. The second kappa shape index (κ2) is 14.7. The quantitative estimate of drug-likeness (QED) is 0.300. The molecule has 4 aliphatic rings. The Hall–Kier alpha value is -4.76. The van der Waals surface area contributed by atoms with Gasteiger partial charge in [-0.3, -0.25) is 33.9 Å². The second-order valence-corrected chi connectivity index (χ2v) is 14.7. The number of ether oxygens (including phenoxy) is 1. The van der Waals surface area contributed by atoms with E-state index < -0.39 is 54.7 Å². The smallest absolute Gasteiger partial charge is 0.287 e. The van der Waals surface area contributed by atoms with Crippen molar-refractivity contribution in [3.05, 3.63) is 81.3 Å². The van der Waals surface area contributed by atoms with Crippen LogP contribution in [0.3, 0.4) is 0 Å². The monoisotopic (exact) mass is 735 g/mol. The number of thiazole rings is 1. The van der Waals surface area contributed by atoms with Crippen LogP contribution >= 0.6 is 11.3 Å². The zero-order valence-electron chi connectivity index (χ0n) is 28.3. The first-order valence-corrected chi connectivity index (χ1v) is 18.4. The Balaban J connectivity index is 1.19. The Morgan fingerprint density at radius 2 is 1.71 bits per heavy atom. The number of carbonyl (C=O) groups excluding carboxylic acids is 5. The molecule has 3 aliphatic heterocycles. The van der Waals surface area contributed by atoms with Gasteiger partial charge in [0.05, 0.1) is 48.5 Å². The van der Waals surface area contributed by atoms with Gasteiger partial charge in [-0.15, -0.1) is 11.3 Å². The fourth-order valence-electron chi connectivity index (χ4n) is 7.89. The molecule has 2 aromatic carbocycles. The Kier molecular flexibility index (Phi) is 10.1. The molecule has 1 aliphatic carbocycles. The highest BCUT2D eigenvalue weighted by Crippen LogP contribution is 2.42. The van der Waals surface area contributed by atoms with Gasteiger partial charge in [0.15, 0.2) is 0 Å². The summed E-state index contributed by atoms with van der Waals surface area (Å²) in [6.45, 7) is -1.59. The van der Waals surface area contributed by atoms with E-state index in [2.05, 4.69) is 10.3 Å². The van der Waals surface area contributed by atoms with Crippen molar-refractivity contribution in [3.63, 3.8) is 0 Å². The molecule has 2 fully saturated rings. The first-order valence-electron chi connectivity index (χ1n) is 17.5. The molecule has 1 aromatic heterocycles. The summed E-state index contributed by atoms with van der Waals surface area (Å²) in [5.74, 6) is -6.85. The van der Waals surface area contributed by atoms with Crippen LogP contribution in [0.15, 0.2) is 54.2 Å². The number of amides is 5. The molecule has 52 heavy (non-hydrogen) atoms.